The number of Topliss-reactive ketones (excluding diaryl/α,β-unsaturated/α-hetero) is 1. The number of thioether (sulfide) groups is 1. The fourth-order valence-corrected chi connectivity index (χ4v) is 4.74. The fourth-order valence-electron chi connectivity index (χ4n) is 3.24. The van der Waals surface area contributed by atoms with Crippen LogP contribution in [0.1, 0.15) is 16.8 Å². The zero-order valence-corrected chi connectivity index (χ0v) is 18.0. The maximum Gasteiger partial charge on any atom is 0.194 e. The Morgan fingerprint density at radius 1 is 1.03 bits per heavy atom. The van der Waals surface area contributed by atoms with Crippen LogP contribution in [0.3, 0.4) is 0 Å². The van der Waals surface area contributed by atoms with E-state index in [0.717, 1.165) is 11.8 Å². The molecule has 1 heterocycles. The second-order valence-electron chi connectivity index (χ2n) is 6.95. The van der Waals surface area contributed by atoms with Crippen LogP contribution in [0.4, 0.5) is 13.2 Å². The van der Waals surface area contributed by atoms with Gasteiger partial charge in [0.15, 0.2) is 23.2 Å². The highest BCUT2D eigenvalue weighted by molar-refractivity contribution is 7.99. The minimum Gasteiger partial charge on any atom is -0.394 e. The largest absolute Gasteiger partial charge is 0.394 e. The van der Waals surface area contributed by atoms with E-state index in [2.05, 4.69) is 0 Å². The zero-order valence-electron chi connectivity index (χ0n) is 15.6. The number of benzene rings is 2. The summed E-state index contributed by atoms with van der Waals surface area (Å²) in [6.07, 6.45) is -4.48. The van der Waals surface area contributed by atoms with Crippen LogP contribution >= 0.6 is 35.0 Å². The van der Waals surface area contributed by atoms with Crippen LogP contribution in [0.15, 0.2) is 35.2 Å². The normalized spacial score (nSPS) is 26.1. The van der Waals surface area contributed by atoms with Gasteiger partial charge in [-0.25, -0.2) is 13.2 Å². The van der Waals surface area contributed by atoms with Gasteiger partial charge in [0.2, 0.25) is 0 Å². The average molecular weight is 497 g/mol. The van der Waals surface area contributed by atoms with Crippen molar-refractivity contribution in [1.82, 2.24) is 0 Å². The molecule has 3 rings (SSSR count). The first kappa shape index (κ1) is 24.3. The minimum absolute atomic E-state index is 0.266. The first-order chi connectivity index (χ1) is 14.6. The highest BCUT2D eigenvalue weighted by Crippen LogP contribution is 2.39. The molecule has 2 unspecified atom stereocenters. The van der Waals surface area contributed by atoms with Gasteiger partial charge in [0, 0.05) is 22.8 Å². The third kappa shape index (κ3) is 5.36. The molecule has 0 aliphatic carbocycles. The Hall–Kier alpha value is -1.33. The van der Waals surface area contributed by atoms with E-state index in [0.29, 0.717) is 22.1 Å². The van der Waals surface area contributed by atoms with E-state index in [1.807, 2.05) is 0 Å². The van der Waals surface area contributed by atoms with Gasteiger partial charge in [-0.1, -0.05) is 35.0 Å². The summed E-state index contributed by atoms with van der Waals surface area (Å²) in [6.45, 7) is -0.600. The predicted octanol–water partition coefficient (Wildman–Crippen LogP) is 3.83. The van der Waals surface area contributed by atoms with Crippen LogP contribution in [0.5, 0.6) is 0 Å². The second-order valence-corrected chi connectivity index (χ2v) is 8.93. The molecule has 2 aromatic rings. The molecule has 11 heteroatoms. The monoisotopic (exact) mass is 496 g/mol. The molecule has 31 heavy (non-hydrogen) atoms. The molecule has 1 aliphatic rings. The van der Waals surface area contributed by atoms with Crippen molar-refractivity contribution in [1.29, 1.82) is 0 Å². The van der Waals surface area contributed by atoms with Crippen LogP contribution in [0.25, 0.3) is 0 Å². The van der Waals surface area contributed by atoms with Gasteiger partial charge >= 0.3 is 0 Å². The van der Waals surface area contributed by atoms with Crippen LogP contribution in [0, 0.1) is 23.4 Å². The van der Waals surface area contributed by atoms with E-state index < -0.39 is 71.5 Å². The van der Waals surface area contributed by atoms with E-state index >= 15 is 0 Å². The Labute approximate surface area is 189 Å². The average Bonchev–Trinajstić information content (AvgIpc) is 2.73. The summed E-state index contributed by atoms with van der Waals surface area (Å²) in [4.78, 5) is 13.1. The summed E-state index contributed by atoms with van der Waals surface area (Å²) >= 11 is 12.9. The number of hydrogen-bond acceptors (Lipinski definition) is 6. The van der Waals surface area contributed by atoms with Crippen molar-refractivity contribution in [2.75, 3.05) is 6.61 Å². The molecule has 0 spiro atoms. The van der Waals surface area contributed by atoms with Crippen molar-refractivity contribution >= 4 is 40.7 Å². The summed E-state index contributed by atoms with van der Waals surface area (Å²) in [5.41, 5.74) is -1.45. The molecule has 5 nitrogen and oxygen atoms in total. The minimum atomic E-state index is -1.71. The van der Waals surface area contributed by atoms with Crippen molar-refractivity contribution in [2.45, 2.75) is 35.1 Å². The van der Waals surface area contributed by atoms with Crippen LogP contribution < -0.4 is 0 Å². The molecular weight excluding hydrogens is 480 g/mol. The molecule has 168 valence electrons. The molecule has 1 saturated heterocycles. The molecule has 2 aromatic carbocycles. The number of hydrogen-bond donors (Lipinski definition) is 3. The van der Waals surface area contributed by atoms with E-state index in [1.54, 1.807) is 12.1 Å². The molecular formula is C20H17Cl2F3O5S. The molecule has 3 N–H and O–H groups in total. The number of halogens is 5. The molecule has 0 amide bonds. The number of carbonyl (C=O) groups excluding carboxylic acids is 1. The van der Waals surface area contributed by atoms with Crippen LogP contribution in [0.2, 0.25) is 10.0 Å². The molecule has 1 fully saturated rings. The molecule has 5 atom stereocenters. The summed E-state index contributed by atoms with van der Waals surface area (Å²) in [7, 11) is 0. The Balaban J connectivity index is 1.82. The van der Waals surface area contributed by atoms with Crippen molar-refractivity contribution in [3.63, 3.8) is 0 Å². The lowest BCUT2D eigenvalue weighted by atomic mass is 9.84. The van der Waals surface area contributed by atoms with E-state index in [-0.39, 0.29) is 5.02 Å². The fraction of sp³-hybridized carbons (Fsp3) is 0.350. The molecule has 0 radical (unpaired) electrons. The predicted molar refractivity (Wildman–Crippen MR) is 109 cm³/mol. The lowest BCUT2D eigenvalue weighted by molar-refractivity contribution is -0.181. The molecule has 0 saturated carbocycles. The first-order valence-corrected chi connectivity index (χ1v) is 10.7. The molecule has 0 bridgehead atoms. The molecule has 0 aromatic heterocycles. The van der Waals surface area contributed by atoms with Gasteiger partial charge < -0.3 is 20.1 Å². The number of carbonyl (C=O) groups is 1. The SMILES string of the molecule is O=C(CC1[C@@H](O)C(CO)O[C@H](Sc2ccc(Cl)c(Cl)c2)[C@H]1O)c1cc(F)c(F)c(F)c1. The maximum absolute atomic E-state index is 13.5. The first-order valence-electron chi connectivity index (χ1n) is 9.04. The Bertz CT molecular complexity index is 957. The Kier molecular flexibility index (Phi) is 7.90. The van der Waals surface area contributed by atoms with Crippen molar-refractivity contribution in [3.05, 3.63) is 63.4 Å². The summed E-state index contributed by atoms with van der Waals surface area (Å²) in [5.74, 6) is -6.72. The second kappa shape index (κ2) is 10.1. The number of ether oxygens (including phenoxy) is 1. The van der Waals surface area contributed by atoms with Gasteiger partial charge in [-0.15, -0.1) is 0 Å². The van der Waals surface area contributed by atoms with Crippen molar-refractivity contribution in [3.8, 4) is 0 Å². The van der Waals surface area contributed by atoms with Crippen LogP contribution in [-0.4, -0.2) is 51.5 Å². The topological polar surface area (TPSA) is 87.0 Å². The highest BCUT2D eigenvalue weighted by atomic mass is 35.5. The Morgan fingerprint density at radius 2 is 1.68 bits per heavy atom. The standard InChI is InChI=1S/C20H17Cl2F3O5S/c21-11-2-1-9(5-12(11)22)31-20-19(29)10(18(28)16(7-26)30-20)6-15(27)8-3-13(23)17(25)14(24)4-8/h1-5,10,16,18-20,26,28-29H,6-7H2/t10?,16?,18-,19+,20-/m1/s1. The molecule has 1 aliphatic heterocycles. The van der Waals surface area contributed by atoms with Gasteiger partial charge in [-0.2, -0.15) is 0 Å². The number of ketones is 1. The van der Waals surface area contributed by atoms with E-state index in [1.165, 1.54) is 6.07 Å². The summed E-state index contributed by atoms with van der Waals surface area (Å²) < 4.78 is 45.7. The van der Waals surface area contributed by atoms with E-state index in [4.69, 9.17) is 27.9 Å². The van der Waals surface area contributed by atoms with Crippen molar-refractivity contribution < 1.29 is 38.0 Å². The van der Waals surface area contributed by atoms with Gasteiger partial charge in [-0.05, 0) is 30.3 Å². The van der Waals surface area contributed by atoms with Gasteiger partial charge in [0.1, 0.15) is 11.5 Å². The van der Waals surface area contributed by atoms with Crippen molar-refractivity contribution in [2.24, 2.45) is 5.92 Å². The van der Waals surface area contributed by atoms with Gasteiger partial charge in [-0.3, -0.25) is 4.79 Å². The lowest BCUT2D eigenvalue weighted by Crippen LogP contribution is -2.54. The smallest absolute Gasteiger partial charge is 0.194 e. The van der Waals surface area contributed by atoms with Gasteiger partial charge in [0.05, 0.1) is 28.9 Å². The number of aliphatic hydroxyl groups is 3. The summed E-state index contributed by atoms with van der Waals surface area (Å²) in [6, 6.07) is 5.79. The lowest BCUT2D eigenvalue weighted by Gasteiger charge is -2.42. The van der Waals surface area contributed by atoms with Gasteiger partial charge in [0.25, 0.3) is 0 Å². The van der Waals surface area contributed by atoms with Crippen LogP contribution in [-0.2, 0) is 4.74 Å². The maximum atomic E-state index is 13.5. The third-order valence-corrected chi connectivity index (χ3v) is 6.78. The third-order valence-electron chi connectivity index (χ3n) is 4.90. The Morgan fingerprint density at radius 3 is 2.26 bits per heavy atom. The highest BCUT2D eigenvalue weighted by Gasteiger charge is 2.45. The number of aliphatic hydroxyl groups excluding tert-OH is 3. The zero-order chi connectivity index (χ0) is 22.9. The van der Waals surface area contributed by atoms with E-state index in [9.17, 15) is 33.3 Å². The summed E-state index contributed by atoms with van der Waals surface area (Å²) in [5, 5.41) is 31.3. The number of rotatable bonds is 6. The quantitative estimate of drug-likeness (QED) is 0.416.